The minimum absolute atomic E-state index is 0.120. The van der Waals surface area contributed by atoms with Crippen molar-refractivity contribution in [1.82, 2.24) is 9.55 Å². The number of ether oxygens (including phenoxy) is 4. The van der Waals surface area contributed by atoms with Gasteiger partial charge in [-0.05, 0) is 62.4 Å². The predicted octanol–water partition coefficient (Wildman–Crippen LogP) is 5.31. The standard InChI is InChI=1S/C30H40N2O7S/c1-4-15-35-26-17-25(18-27(19-26)36-16-5-2)7-6-12-30(22-32-14-13-31-23-32)37-20-28(39-30)21-38-40(33,34)29-10-8-24(3)9-11-29/h8-11,13-14,17-19,23,28H,4-7,12,15-16,20-22H2,1-3H3. The highest BCUT2D eigenvalue weighted by Crippen LogP contribution is 2.33. The molecule has 0 spiro atoms. The Balaban J connectivity index is 1.40. The van der Waals surface area contributed by atoms with Crippen LogP contribution in [0.2, 0.25) is 0 Å². The van der Waals surface area contributed by atoms with Gasteiger partial charge in [0, 0.05) is 24.9 Å². The van der Waals surface area contributed by atoms with Crippen molar-refractivity contribution < 1.29 is 31.5 Å². The zero-order chi connectivity index (χ0) is 28.4. The van der Waals surface area contributed by atoms with Crippen molar-refractivity contribution >= 4 is 10.1 Å². The third kappa shape index (κ3) is 8.54. The van der Waals surface area contributed by atoms with E-state index in [-0.39, 0.29) is 18.1 Å². The van der Waals surface area contributed by atoms with Crippen LogP contribution in [0.1, 0.15) is 50.7 Å². The first-order chi connectivity index (χ1) is 19.3. The molecule has 2 unspecified atom stereocenters. The Morgan fingerprint density at radius 1 is 1.05 bits per heavy atom. The van der Waals surface area contributed by atoms with Gasteiger partial charge in [0.05, 0.1) is 44.2 Å². The van der Waals surface area contributed by atoms with Crippen LogP contribution in [-0.2, 0) is 36.7 Å². The lowest BCUT2D eigenvalue weighted by Crippen LogP contribution is -2.37. The van der Waals surface area contributed by atoms with Crippen LogP contribution in [-0.4, -0.2) is 56.3 Å². The van der Waals surface area contributed by atoms with Gasteiger partial charge in [-0.3, -0.25) is 4.18 Å². The van der Waals surface area contributed by atoms with Crippen LogP contribution < -0.4 is 9.47 Å². The Morgan fingerprint density at radius 2 is 1.75 bits per heavy atom. The quantitative estimate of drug-likeness (QED) is 0.213. The molecule has 10 heteroatoms. The van der Waals surface area contributed by atoms with E-state index in [1.54, 1.807) is 36.8 Å². The van der Waals surface area contributed by atoms with Gasteiger partial charge in [-0.2, -0.15) is 8.42 Å². The highest BCUT2D eigenvalue weighted by molar-refractivity contribution is 7.86. The Labute approximate surface area is 237 Å². The smallest absolute Gasteiger partial charge is 0.297 e. The Kier molecular flexibility index (Phi) is 10.6. The molecular weight excluding hydrogens is 532 g/mol. The summed E-state index contributed by atoms with van der Waals surface area (Å²) in [6.45, 7) is 7.89. The molecule has 4 rings (SSSR count). The summed E-state index contributed by atoms with van der Waals surface area (Å²) in [6, 6.07) is 12.6. The van der Waals surface area contributed by atoms with E-state index in [1.807, 2.05) is 23.8 Å². The van der Waals surface area contributed by atoms with Crippen molar-refractivity contribution in [3.63, 3.8) is 0 Å². The Bertz CT molecular complexity index is 1270. The van der Waals surface area contributed by atoms with Crippen LogP contribution in [0.3, 0.4) is 0 Å². The number of hydrogen-bond acceptors (Lipinski definition) is 8. The van der Waals surface area contributed by atoms with Crippen molar-refractivity contribution in [3.05, 3.63) is 72.3 Å². The SMILES string of the molecule is CCCOc1cc(CCCC2(Cn3ccnc3)OCC(COS(=O)(=O)c3ccc(C)cc3)O2)cc(OCCC)c1. The molecule has 40 heavy (non-hydrogen) atoms. The first-order valence-electron chi connectivity index (χ1n) is 13.9. The monoisotopic (exact) mass is 572 g/mol. The van der Waals surface area contributed by atoms with Gasteiger partial charge in [0.15, 0.2) is 5.79 Å². The molecular formula is C30H40N2O7S. The van der Waals surface area contributed by atoms with Crippen molar-refractivity contribution in [3.8, 4) is 11.5 Å². The second-order valence-electron chi connectivity index (χ2n) is 10.1. The average Bonchev–Trinajstić information content (AvgIpc) is 3.60. The summed E-state index contributed by atoms with van der Waals surface area (Å²) in [5.41, 5.74) is 2.08. The summed E-state index contributed by atoms with van der Waals surface area (Å²) in [4.78, 5) is 4.26. The van der Waals surface area contributed by atoms with E-state index in [1.165, 1.54) is 0 Å². The number of nitrogens with zero attached hydrogens (tertiary/aromatic N) is 2. The van der Waals surface area contributed by atoms with Gasteiger partial charge < -0.3 is 23.5 Å². The minimum Gasteiger partial charge on any atom is -0.493 e. The molecule has 0 amide bonds. The van der Waals surface area contributed by atoms with Gasteiger partial charge in [-0.15, -0.1) is 0 Å². The van der Waals surface area contributed by atoms with Crippen LogP contribution in [0.5, 0.6) is 11.5 Å². The van der Waals surface area contributed by atoms with Crippen LogP contribution >= 0.6 is 0 Å². The zero-order valence-electron chi connectivity index (χ0n) is 23.6. The molecule has 9 nitrogen and oxygen atoms in total. The summed E-state index contributed by atoms with van der Waals surface area (Å²) in [5, 5.41) is 0. The van der Waals surface area contributed by atoms with E-state index in [9.17, 15) is 8.42 Å². The van der Waals surface area contributed by atoms with E-state index in [0.29, 0.717) is 26.2 Å². The average molecular weight is 573 g/mol. The Hall–Kier alpha value is -2.92. The topological polar surface area (TPSA) is 98.1 Å². The van der Waals surface area contributed by atoms with Crippen LogP contribution in [0.25, 0.3) is 0 Å². The summed E-state index contributed by atoms with van der Waals surface area (Å²) < 4.78 is 57.0. The van der Waals surface area contributed by atoms with E-state index in [2.05, 4.69) is 31.0 Å². The predicted molar refractivity (Wildman–Crippen MR) is 151 cm³/mol. The molecule has 0 N–H and O–H groups in total. The molecule has 1 aliphatic heterocycles. The highest BCUT2D eigenvalue weighted by Gasteiger charge is 2.42. The molecule has 2 heterocycles. The highest BCUT2D eigenvalue weighted by atomic mass is 32.2. The fraction of sp³-hybridized carbons (Fsp3) is 0.500. The van der Waals surface area contributed by atoms with Crippen molar-refractivity contribution in [2.75, 3.05) is 26.4 Å². The van der Waals surface area contributed by atoms with E-state index >= 15 is 0 Å². The second kappa shape index (κ2) is 14.1. The second-order valence-corrected chi connectivity index (χ2v) is 11.7. The van der Waals surface area contributed by atoms with E-state index in [0.717, 1.165) is 48.3 Å². The number of imidazole rings is 1. The number of benzene rings is 2. The van der Waals surface area contributed by atoms with Gasteiger partial charge >= 0.3 is 0 Å². The molecule has 2 atom stereocenters. The van der Waals surface area contributed by atoms with Gasteiger partial charge in [0.1, 0.15) is 17.6 Å². The van der Waals surface area contributed by atoms with E-state index in [4.69, 9.17) is 23.1 Å². The maximum Gasteiger partial charge on any atom is 0.297 e. The van der Waals surface area contributed by atoms with Crippen LogP contribution in [0.15, 0.2) is 66.1 Å². The van der Waals surface area contributed by atoms with Crippen molar-refractivity contribution in [1.29, 1.82) is 0 Å². The normalized spacial score (nSPS) is 19.1. The molecule has 1 saturated heterocycles. The fourth-order valence-electron chi connectivity index (χ4n) is 4.53. The summed E-state index contributed by atoms with van der Waals surface area (Å²) >= 11 is 0. The third-order valence-electron chi connectivity index (χ3n) is 6.52. The summed E-state index contributed by atoms with van der Waals surface area (Å²) in [5.74, 6) is 0.679. The van der Waals surface area contributed by atoms with Crippen molar-refractivity contribution in [2.45, 2.75) is 76.2 Å². The third-order valence-corrected chi connectivity index (χ3v) is 7.82. The maximum atomic E-state index is 12.7. The molecule has 0 radical (unpaired) electrons. The molecule has 0 saturated carbocycles. The molecule has 218 valence electrons. The lowest BCUT2D eigenvalue weighted by molar-refractivity contribution is -0.185. The summed E-state index contributed by atoms with van der Waals surface area (Å²) in [7, 11) is -3.90. The number of aromatic nitrogens is 2. The molecule has 3 aromatic rings. The van der Waals surface area contributed by atoms with Crippen LogP contribution in [0.4, 0.5) is 0 Å². The minimum atomic E-state index is -3.90. The first-order valence-corrected chi connectivity index (χ1v) is 15.3. The summed E-state index contributed by atoms with van der Waals surface area (Å²) in [6.07, 6.45) is 8.74. The molecule has 2 aromatic carbocycles. The van der Waals surface area contributed by atoms with Gasteiger partial charge in [-0.25, -0.2) is 4.98 Å². The number of rotatable bonds is 16. The van der Waals surface area contributed by atoms with Crippen molar-refractivity contribution in [2.24, 2.45) is 0 Å². The number of aryl methyl sites for hydroxylation is 2. The molecule has 0 bridgehead atoms. The van der Waals surface area contributed by atoms with Crippen LogP contribution in [0, 0.1) is 6.92 Å². The van der Waals surface area contributed by atoms with Gasteiger partial charge in [0.25, 0.3) is 10.1 Å². The lowest BCUT2D eigenvalue weighted by Gasteiger charge is -2.28. The molecule has 1 aliphatic rings. The number of hydrogen-bond donors (Lipinski definition) is 0. The zero-order valence-corrected chi connectivity index (χ0v) is 24.4. The molecule has 0 aliphatic carbocycles. The Morgan fingerprint density at radius 3 is 2.38 bits per heavy atom. The largest absolute Gasteiger partial charge is 0.493 e. The maximum absolute atomic E-state index is 12.7. The first kappa shape index (κ1) is 30.0. The van der Waals surface area contributed by atoms with E-state index < -0.39 is 22.0 Å². The lowest BCUT2D eigenvalue weighted by atomic mass is 10.0. The van der Waals surface area contributed by atoms with Gasteiger partial charge in [-0.1, -0.05) is 31.5 Å². The molecule has 1 fully saturated rings. The van der Waals surface area contributed by atoms with Gasteiger partial charge in [0.2, 0.25) is 0 Å². The fourth-order valence-corrected chi connectivity index (χ4v) is 5.47. The molecule has 1 aromatic heterocycles.